The highest BCUT2D eigenvalue weighted by atomic mass is 16.3. The fraction of sp³-hybridized carbons (Fsp3) is 0.611. The number of nitrogens with zero attached hydrogens (tertiary/aromatic N) is 2. The van der Waals surface area contributed by atoms with Crippen molar-refractivity contribution in [2.24, 2.45) is 0 Å². The van der Waals surface area contributed by atoms with E-state index in [9.17, 15) is 9.90 Å². The van der Waals surface area contributed by atoms with Crippen LogP contribution < -0.4 is 4.90 Å². The summed E-state index contributed by atoms with van der Waals surface area (Å²) in [4.78, 5) is 16.5. The van der Waals surface area contributed by atoms with Crippen molar-refractivity contribution in [2.45, 2.75) is 45.6 Å². The predicted octanol–water partition coefficient (Wildman–Crippen LogP) is 2.58. The molecule has 0 bridgehead atoms. The van der Waals surface area contributed by atoms with Crippen molar-refractivity contribution in [3.05, 3.63) is 29.8 Å². The molecule has 0 spiro atoms. The van der Waals surface area contributed by atoms with Gasteiger partial charge in [-0.25, -0.2) is 0 Å². The Balaban J connectivity index is 1.88. The van der Waals surface area contributed by atoms with Crippen LogP contribution >= 0.6 is 0 Å². The van der Waals surface area contributed by atoms with E-state index < -0.39 is 5.60 Å². The van der Waals surface area contributed by atoms with Gasteiger partial charge in [0, 0.05) is 31.9 Å². The number of rotatable bonds is 5. The van der Waals surface area contributed by atoms with E-state index in [0.29, 0.717) is 6.42 Å². The minimum absolute atomic E-state index is 0.0716. The Morgan fingerprint density at radius 2 is 1.95 bits per heavy atom. The maximum Gasteiger partial charge on any atom is 0.225 e. The van der Waals surface area contributed by atoms with Crippen LogP contribution in [0.25, 0.3) is 0 Å². The van der Waals surface area contributed by atoms with Crippen LogP contribution in [0.2, 0.25) is 0 Å². The quantitative estimate of drug-likeness (QED) is 0.909. The lowest BCUT2D eigenvalue weighted by Crippen LogP contribution is -2.50. The molecule has 2 rings (SSSR count). The van der Waals surface area contributed by atoms with Crippen molar-refractivity contribution in [1.82, 2.24) is 4.90 Å². The number of piperazine rings is 1. The Labute approximate surface area is 133 Å². The maximum atomic E-state index is 12.3. The minimum Gasteiger partial charge on any atom is -0.390 e. The topological polar surface area (TPSA) is 43.8 Å². The van der Waals surface area contributed by atoms with Gasteiger partial charge in [0.1, 0.15) is 0 Å². The number of aryl methyl sites for hydroxylation is 1. The smallest absolute Gasteiger partial charge is 0.225 e. The number of carbonyl (C=O) groups is 1. The van der Waals surface area contributed by atoms with E-state index in [1.165, 1.54) is 11.3 Å². The van der Waals surface area contributed by atoms with Crippen molar-refractivity contribution < 1.29 is 9.90 Å². The molecule has 1 fully saturated rings. The summed E-state index contributed by atoms with van der Waals surface area (Å²) in [6, 6.07) is 8.48. The second-order valence-corrected chi connectivity index (χ2v) is 6.63. The van der Waals surface area contributed by atoms with E-state index in [2.05, 4.69) is 36.1 Å². The van der Waals surface area contributed by atoms with E-state index in [1.807, 2.05) is 11.8 Å². The molecule has 1 saturated heterocycles. The van der Waals surface area contributed by atoms with Crippen molar-refractivity contribution >= 4 is 11.6 Å². The number of carbonyl (C=O) groups excluding carboxylic acids is 1. The van der Waals surface area contributed by atoms with Gasteiger partial charge >= 0.3 is 0 Å². The molecule has 0 aliphatic carbocycles. The largest absolute Gasteiger partial charge is 0.390 e. The van der Waals surface area contributed by atoms with E-state index in [-0.39, 0.29) is 12.3 Å². The molecule has 1 aliphatic heterocycles. The van der Waals surface area contributed by atoms with Crippen LogP contribution in [0.5, 0.6) is 0 Å². The number of hydrogen-bond donors (Lipinski definition) is 1. The summed E-state index contributed by atoms with van der Waals surface area (Å²) < 4.78 is 0. The molecule has 22 heavy (non-hydrogen) atoms. The lowest BCUT2D eigenvalue weighted by atomic mass is 9.96. The highest BCUT2D eigenvalue weighted by Gasteiger charge is 2.28. The molecule has 1 aliphatic rings. The minimum atomic E-state index is -0.875. The van der Waals surface area contributed by atoms with E-state index in [4.69, 9.17) is 0 Å². The van der Waals surface area contributed by atoms with Crippen LogP contribution in [0.15, 0.2) is 24.3 Å². The van der Waals surface area contributed by atoms with Gasteiger partial charge in [-0.15, -0.1) is 0 Å². The molecule has 4 heteroatoms. The third-order valence-electron chi connectivity index (χ3n) is 4.32. The van der Waals surface area contributed by atoms with E-state index in [1.54, 1.807) is 6.92 Å². The molecular formula is C18H28N2O2. The molecule has 0 saturated carbocycles. The Kier molecular flexibility index (Phi) is 5.46. The van der Waals surface area contributed by atoms with E-state index in [0.717, 1.165) is 32.6 Å². The number of aliphatic hydroxyl groups is 1. The van der Waals surface area contributed by atoms with Crippen LogP contribution in [-0.4, -0.2) is 47.7 Å². The summed E-state index contributed by atoms with van der Waals surface area (Å²) in [6.45, 7) is 9.05. The summed E-state index contributed by atoms with van der Waals surface area (Å²) in [5, 5.41) is 10.2. The zero-order valence-electron chi connectivity index (χ0n) is 14.0. The summed E-state index contributed by atoms with van der Waals surface area (Å²) in [6.07, 6.45) is 1.79. The van der Waals surface area contributed by atoms with Crippen LogP contribution in [0, 0.1) is 6.92 Å². The van der Waals surface area contributed by atoms with Gasteiger partial charge in [0.2, 0.25) is 5.91 Å². The first-order valence-corrected chi connectivity index (χ1v) is 8.23. The van der Waals surface area contributed by atoms with Crippen LogP contribution in [0.1, 0.15) is 38.7 Å². The van der Waals surface area contributed by atoms with Gasteiger partial charge in [-0.2, -0.15) is 0 Å². The number of amides is 1. The third kappa shape index (κ3) is 4.47. The number of hydrogen-bond acceptors (Lipinski definition) is 3. The molecule has 1 atom stereocenters. The molecule has 1 aromatic rings. The van der Waals surface area contributed by atoms with Crippen molar-refractivity contribution in [2.75, 3.05) is 31.1 Å². The predicted molar refractivity (Wildman–Crippen MR) is 90.1 cm³/mol. The summed E-state index contributed by atoms with van der Waals surface area (Å²) >= 11 is 0. The van der Waals surface area contributed by atoms with Crippen molar-refractivity contribution in [3.8, 4) is 0 Å². The Hall–Kier alpha value is -1.55. The first kappa shape index (κ1) is 16.8. The first-order valence-electron chi connectivity index (χ1n) is 8.23. The fourth-order valence-corrected chi connectivity index (χ4v) is 3.10. The lowest BCUT2D eigenvalue weighted by Gasteiger charge is -2.37. The van der Waals surface area contributed by atoms with Gasteiger partial charge in [0.05, 0.1) is 12.0 Å². The summed E-state index contributed by atoms with van der Waals surface area (Å²) in [7, 11) is 0. The van der Waals surface area contributed by atoms with Crippen LogP contribution in [0.3, 0.4) is 0 Å². The second-order valence-electron chi connectivity index (χ2n) is 6.63. The molecule has 4 nitrogen and oxygen atoms in total. The zero-order valence-corrected chi connectivity index (χ0v) is 14.0. The molecule has 0 aromatic heterocycles. The number of anilines is 1. The monoisotopic (exact) mass is 304 g/mol. The molecule has 122 valence electrons. The lowest BCUT2D eigenvalue weighted by molar-refractivity contribution is -0.136. The zero-order chi connectivity index (χ0) is 16.2. The second kappa shape index (κ2) is 7.14. The van der Waals surface area contributed by atoms with Crippen LogP contribution in [-0.2, 0) is 4.79 Å². The Morgan fingerprint density at radius 1 is 1.27 bits per heavy atom. The third-order valence-corrected chi connectivity index (χ3v) is 4.32. The molecule has 0 radical (unpaired) electrons. The van der Waals surface area contributed by atoms with Gasteiger partial charge in [-0.05, 0) is 38.0 Å². The SMILES string of the molecule is CCCC(C)(O)CC(=O)N1CCN(c2cccc(C)c2)CC1. The van der Waals surface area contributed by atoms with Gasteiger partial charge in [0.25, 0.3) is 0 Å². The maximum absolute atomic E-state index is 12.3. The number of benzene rings is 1. The van der Waals surface area contributed by atoms with Gasteiger partial charge < -0.3 is 14.9 Å². The van der Waals surface area contributed by atoms with Gasteiger partial charge in [0.15, 0.2) is 0 Å². The Morgan fingerprint density at radius 3 is 2.55 bits per heavy atom. The highest BCUT2D eigenvalue weighted by molar-refractivity contribution is 5.77. The standard InChI is InChI=1S/C18H28N2O2/c1-4-8-18(3,22)14-17(21)20-11-9-19(10-12-20)16-7-5-6-15(2)13-16/h5-7,13,22H,4,8-12,14H2,1-3H3. The molecule has 1 heterocycles. The summed E-state index contributed by atoms with van der Waals surface area (Å²) in [5.41, 5.74) is 1.61. The fourth-order valence-electron chi connectivity index (χ4n) is 3.10. The normalized spacial score (nSPS) is 18.2. The van der Waals surface area contributed by atoms with Gasteiger partial charge in [-0.3, -0.25) is 4.79 Å². The van der Waals surface area contributed by atoms with Crippen molar-refractivity contribution in [3.63, 3.8) is 0 Å². The molecular weight excluding hydrogens is 276 g/mol. The average molecular weight is 304 g/mol. The molecule has 1 unspecified atom stereocenters. The molecule has 1 amide bonds. The van der Waals surface area contributed by atoms with Gasteiger partial charge in [-0.1, -0.05) is 25.5 Å². The first-order chi connectivity index (χ1) is 10.4. The molecule has 1 aromatic carbocycles. The summed E-state index contributed by atoms with van der Waals surface area (Å²) in [5.74, 6) is 0.0716. The highest BCUT2D eigenvalue weighted by Crippen LogP contribution is 2.21. The molecule has 1 N–H and O–H groups in total. The van der Waals surface area contributed by atoms with Crippen molar-refractivity contribution in [1.29, 1.82) is 0 Å². The van der Waals surface area contributed by atoms with E-state index >= 15 is 0 Å². The average Bonchev–Trinajstić information content (AvgIpc) is 2.47. The van der Waals surface area contributed by atoms with Crippen LogP contribution in [0.4, 0.5) is 5.69 Å². The Bertz CT molecular complexity index is 506.